The number of carbonyl (C=O) groups excluding carboxylic acids is 4. The van der Waals surface area contributed by atoms with E-state index in [-0.39, 0.29) is 47.8 Å². The Balaban J connectivity index is 1.49. The van der Waals surface area contributed by atoms with Crippen molar-refractivity contribution < 1.29 is 43.6 Å². The van der Waals surface area contributed by atoms with Gasteiger partial charge >= 0.3 is 0 Å². The lowest BCUT2D eigenvalue weighted by molar-refractivity contribution is -0.132. The van der Waals surface area contributed by atoms with Crippen molar-refractivity contribution in [1.29, 1.82) is 0 Å². The predicted octanol–water partition coefficient (Wildman–Crippen LogP) is 5.35. The number of aromatic hydroxyl groups is 2. The Morgan fingerprint density at radius 1 is 0.733 bits per heavy atom. The van der Waals surface area contributed by atoms with Crippen LogP contribution < -0.4 is 40.9 Å². The molecule has 1 aliphatic rings. The quantitative estimate of drug-likeness (QED) is 0.0856. The molecule has 0 radical (unpaired) electrons. The number of aryl methyl sites for hydroxylation is 1. The molecule has 4 atom stereocenters. The fourth-order valence-corrected chi connectivity index (χ4v) is 7.48. The minimum absolute atomic E-state index is 0.00784. The van der Waals surface area contributed by atoms with Crippen LogP contribution >= 0.6 is 0 Å². The summed E-state index contributed by atoms with van der Waals surface area (Å²) in [5, 5.41) is 31.0. The summed E-state index contributed by atoms with van der Waals surface area (Å²) in [6.07, 6.45) is 1.57. The summed E-state index contributed by atoms with van der Waals surface area (Å²) in [7, 11) is 4.51. The summed E-state index contributed by atoms with van der Waals surface area (Å²) in [5.74, 6) is -1.17. The van der Waals surface area contributed by atoms with Gasteiger partial charge < -0.3 is 45.7 Å². The van der Waals surface area contributed by atoms with Gasteiger partial charge in [-0.2, -0.15) is 0 Å². The SMILES string of the molecule is COc1cc2c(c(OC)c1OC)-c1ccc(NC(=O)[C@H](Cc3ccc(O)cc3)NC(=O)[C@H](CC(C)C)NC(=O)[C@@H](C)Cc3ccc(O)cc3)c(=O)cc1[C@@H](NC(C)=O)CC2. The maximum absolute atomic E-state index is 14.3. The topological polar surface area (TPSA) is 202 Å². The van der Waals surface area contributed by atoms with Crippen LogP contribution in [0.4, 0.5) is 5.69 Å². The molecule has 0 aliphatic heterocycles. The fraction of sp³-hybridized carbons (Fsp3) is 0.370. The zero-order valence-corrected chi connectivity index (χ0v) is 35.0. The monoisotopic (exact) mass is 822 g/mol. The Bertz CT molecular complexity index is 2260. The normalized spacial score (nSPS) is 14.6. The molecule has 0 unspecified atom stereocenters. The molecule has 318 valence electrons. The van der Waals surface area contributed by atoms with E-state index < -0.39 is 41.3 Å². The van der Waals surface area contributed by atoms with Gasteiger partial charge in [0.2, 0.25) is 34.8 Å². The zero-order valence-electron chi connectivity index (χ0n) is 35.0. The van der Waals surface area contributed by atoms with Crippen molar-refractivity contribution in [3.05, 3.63) is 105 Å². The van der Waals surface area contributed by atoms with Crippen LogP contribution in [-0.2, 0) is 38.4 Å². The number of carbonyl (C=O) groups is 4. The summed E-state index contributed by atoms with van der Waals surface area (Å²) in [5.41, 5.74) is 3.35. The highest BCUT2D eigenvalue weighted by atomic mass is 16.5. The van der Waals surface area contributed by atoms with Crippen LogP contribution in [0.2, 0.25) is 0 Å². The lowest BCUT2D eigenvalue weighted by Crippen LogP contribution is -2.54. The van der Waals surface area contributed by atoms with Crippen molar-refractivity contribution in [1.82, 2.24) is 16.0 Å². The number of hydrogen-bond donors (Lipinski definition) is 6. The molecule has 0 saturated carbocycles. The van der Waals surface area contributed by atoms with Crippen molar-refractivity contribution in [2.24, 2.45) is 11.8 Å². The van der Waals surface area contributed by atoms with Gasteiger partial charge in [0.05, 0.1) is 33.1 Å². The number of ether oxygens (including phenoxy) is 3. The minimum atomic E-state index is -1.23. The lowest BCUT2D eigenvalue weighted by Gasteiger charge is -2.25. The Morgan fingerprint density at radius 2 is 1.33 bits per heavy atom. The molecule has 5 rings (SSSR count). The molecule has 1 aliphatic carbocycles. The Hall–Kier alpha value is -6.57. The van der Waals surface area contributed by atoms with Gasteiger partial charge in [-0.05, 0) is 102 Å². The number of methoxy groups -OCH3 is 3. The van der Waals surface area contributed by atoms with E-state index in [0.717, 1.165) is 11.1 Å². The zero-order chi connectivity index (χ0) is 43.7. The summed E-state index contributed by atoms with van der Waals surface area (Å²) in [6, 6.07) is 16.3. The van der Waals surface area contributed by atoms with Gasteiger partial charge in [-0.25, -0.2) is 0 Å². The van der Waals surface area contributed by atoms with Crippen molar-refractivity contribution in [3.8, 4) is 39.9 Å². The van der Waals surface area contributed by atoms with Crippen molar-refractivity contribution in [2.75, 3.05) is 26.6 Å². The first-order valence-corrected chi connectivity index (χ1v) is 19.9. The van der Waals surface area contributed by atoms with Crippen LogP contribution in [0.5, 0.6) is 28.7 Å². The molecule has 0 saturated heterocycles. The molecule has 60 heavy (non-hydrogen) atoms. The number of rotatable bonds is 16. The van der Waals surface area contributed by atoms with Crippen molar-refractivity contribution >= 4 is 29.3 Å². The van der Waals surface area contributed by atoms with E-state index in [1.165, 1.54) is 52.5 Å². The van der Waals surface area contributed by atoms with Gasteiger partial charge in [0, 0.05) is 24.8 Å². The Kier molecular flexibility index (Phi) is 14.8. The number of benzene rings is 3. The van der Waals surface area contributed by atoms with E-state index in [1.54, 1.807) is 49.4 Å². The summed E-state index contributed by atoms with van der Waals surface area (Å²) >= 11 is 0. The average molecular weight is 823 g/mol. The Morgan fingerprint density at radius 3 is 1.90 bits per heavy atom. The first-order valence-electron chi connectivity index (χ1n) is 19.9. The maximum Gasteiger partial charge on any atom is 0.247 e. The number of phenolic OH excluding ortho intramolecular Hbond substituents is 2. The highest BCUT2D eigenvalue weighted by molar-refractivity contribution is 5.99. The summed E-state index contributed by atoms with van der Waals surface area (Å²) in [4.78, 5) is 68.3. The second-order valence-electron chi connectivity index (χ2n) is 15.5. The van der Waals surface area contributed by atoms with E-state index in [2.05, 4.69) is 21.3 Å². The largest absolute Gasteiger partial charge is 0.508 e. The molecule has 0 spiro atoms. The second kappa shape index (κ2) is 19.9. The fourth-order valence-electron chi connectivity index (χ4n) is 7.48. The van der Waals surface area contributed by atoms with E-state index in [4.69, 9.17) is 14.2 Å². The lowest BCUT2D eigenvalue weighted by atomic mass is 9.95. The van der Waals surface area contributed by atoms with Gasteiger partial charge in [-0.3, -0.25) is 24.0 Å². The minimum Gasteiger partial charge on any atom is -0.508 e. The highest BCUT2D eigenvalue weighted by Gasteiger charge is 2.32. The molecule has 14 heteroatoms. The molecule has 6 N–H and O–H groups in total. The van der Waals surface area contributed by atoms with Crippen LogP contribution in [0, 0.1) is 11.8 Å². The van der Waals surface area contributed by atoms with E-state index >= 15 is 0 Å². The highest BCUT2D eigenvalue weighted by Crippen LogP contribution is 2.50. The molecule has 0 fully saturated rings. The third kappa shape index (κ3) is 10.9. The van der Waals surface area contributed by atoms with Crippen LogP contribution in [0.25, 0.3) is 11.1 Å². The van der Waals surface area contributed by atoms with Crippen LogP contribution in [0.15, 0.2) is 77.6 Å². The average Bonchev–Trinajstić information content (AvgIpc) is 3.45. The smallest absolute Gasteiger partial charge is 0.247 e. The summed E-state index contributed by atoms with van der Waals surface area (Å²) in [6.45, 7) is 6.97. The van der Waals surface area contributed by atoms with Gasteiger partial charge in [0.25, 0.3) is 0 Å². The van der Waals surface area contributed by atoms with Crippen molar-refractivity contribution in [2.45, 2.75) is 77.9 Å². The third-order valence-electron chi connectivity index (χ3n) is 10.4. The molecule has 14 nitrogen and oxygen atoms in total. The maximum atomic E-state index is 14.3. The second-order valence-corrected chi connectivity index (χ2v) is 15.5. The number of amides is 4. The number of anilines is 1. The number of nitrogens with one attached hydrogen (secondary N) is 4. The first-order chi connectivity index (χ1) is 28.6. The molecule has 0 aromatic heterocycles. The molecule has 0 bridgehead atoms. The first kappa shape index (κ1) is 44.5. The van der Waals surface area contributed by atoms with Crippen LogP contribution in [-0.4, -0.2) is 67.3 Å². The molecular formula is C46H54N4O10. The van der Waals surface area contributed by atoms with Gasteiger partial charge in [0.15, 0.2) is 11.5 Å². The van der Waals surface area contributed by atoms with E-state index in [9.17, 15) is 34.2 Å². The summed E-state index contributed by atoms with van der Waals surface area (Å²) < 4.78 is 17.2. The standard InChI is InChI=1S/C46H54N4O10/c1-25(2)20-37(49-44(55)26(3)21-28-8-13-31(52)14-9-28)45(56)50-38(22-29-10-15-32(53)16-11-29)46(57)48-36-19-17-33-34(24-39(36)54)35(47-27(4)51)18-12-30-23-40(58-5)42(59-6)43(60-7)41(30)33/h8-11,13-17,19,23-26,35,37-38,52-53H,12,18,20-22H2,1-7H3,(H,47,51)(H,49,55)(H,50,56)(H,48,54,57)/t26-,35-,37-,38-/m0/s1. The number of fused-ring (bicyclic) bond motifs is 3. The molecule has 4 aromatic carbocycles. The molecule has 0 heterocycles. The molecular weight excluding hydrogens is 769 g/mol. The molecule has 4 amide bonds. The Labute approximate surface area is 349 Å². The van der Waals surface area contributed by atoms with E-state index in [1.807, 2.05) is 19.9 Å². The molecule has 4 aromatic rings. The third-order valence-corrected chi connectivity index (χ3v) is 10.4. The van der Waals surface area contributed by atoms with E-state index in [0.29, 0.717) is 58.8 Å². The predicted molar refractivity (Wildman–Crippen MR) is 227 cm³/mol. The van der Waals surface area contributed by atoms with Crippen molar-refractivity contribution in [3.63, 3.8) is 0 Å². The number of hydrogen-bond acceptors (Lipinski definition) is 10. The van der Waals surface area contributed by atoms with Crippen LogP contribution in [0.1, 0.15) is 68.8 Å². The van der Waals surface area contributed by atoms with Gasteiger partial charge in [-0.1, -0.05) is 51.1 Å². The van der Waals surface area contributed by atoms with Crippen LogP contribution in [0.3, 0.4) is 0 Å². The van der Waals surface area contributed by atoms with Gasteiger partial charge in [-0.15, -0.1) is 0 Å². The van der Waals surface area contributed by atoms with Gasteiger partial charge in [0.1, 0.15) is 23.6 Å². The number of phenols is 2.